The summed E-state index contributed by atoms with van der Waals surface area (Å²) >= 11 is 0. The van der Waals surface area contributed by atoms with Crippen molar-refractivity contribution in [2.75, 3.05) is 25.9 Å². The Kier molecular flexibility index (Phi) is 5.66. The van der Waals surface area contributed by atoms with Crippen LogP contribution in [-0.4, -0.2) is 40.2 Å². The van der Waals surface area contributed by atoms with E-state index in [2.05, 4.69) is 10.0 Å². The summed E-state index contributed by atoms with van der Waals surface area (Å²) in [4.78, 5) is 11.1. The standard InChI is InChI=1S/C7H17N3O3S/c1-6(5-8)7(11)9-3-4-10-14(2,12)13/h6,10H,3-5,8H2,1-2H3,(H,9,11). The van der Waals surface area contributed by atoms with E-state index in [-0.39, 0.29) is 31.5 Å². The molecule has 14 heavy (non-hydrogen) atoms. The van der Waals surface area contributed by atoms with Crippen LogP contribution in [0.3, 0.4) is 0 Å². The summed E-state index contributed by atoms with van der Waals surface area (Å²) in [6.45, 7) is 2.46. The fraction of sp³-hybridized carbons (Fsp3) is 0.857. The summed E-state index contributed by atoms with van der Waals surface area (Å²) in [5.74, 6) is -0.406. The van der Waals surface area contributed by atoms with Gasteiger partial charge in [0.15, 0.2) is 0 Å². The molecule has 0 radical (unpaired) electrons. The van der Waals surface area contributed by atoms with Crippen molar-refractivity contribution in [1.82, 2.24) is 10.0 Å². The monoisotopic (exact) mass is 223 g/mol. The van der Waals surface area contributed by atoms with Gasteiger partial charge in [-0.15, -0.1) is 0 Å². The van der Waals surface area contributed by atoms with E-state index in [0.29, 0.717) is 0 Å². The zero-order valence-corrected chi connectivity index (χ0v) is 9.23. The largest absolute Gasteiger partial charge is 0.355 e. The van der Waals surface area contributed by atoms with E-state index in [4.69, 9.17) is 5.73 Å². The molecule has 1 unspecified atom stereocenters. The normalized spacial score (nSPS) is 13.6. The fourth-order valence-corrected chi connectivity index (χ4v) is 1.18. The van der Waals surface area contributed by atoms with Gasteiger partial charge >= 0.3 is 0 Å². The molecule has 6 nitrogen and oxygen atoms in total. The maximum atomic E-state index is 11.1. The van der Waals surface area contributed by atoms with Crippen LogP contribution in [0.4, 0.5) is 0 Å². The second kappa shape index (κ2) is 5.94. The van der Waals surface area contributed by atoms with Crippen LogP contribution in [0.5, 0.6) is 0 Å². The summed E-state index contributed by atoms with van der Waals surface area (Å²) in [6, 6.07) is 0. The molecule has 0 heterocycles. The average molecular weight is 223 g/mol. The molecule has 0 spiro atoms. The van der Waals surface area contributed by atoms with Crippen molar-refractivity contribution in [3.8, 4) is 0 Å². The van der Waals surface area contributed by atoms with Gasteiger partial charge in [0.1, 0.15) is 0 Å². The molecule has 0 aliphatic rings. The van der Waals surface area contributed by atoms with E-state index >= 15 is 0 Å². The second-order valence-electron chi connectivity index (χ2n) is 3.09. The minimum Gasteiger partial charge on any atom is -0.355 e. The van der Waals surface area contributed by atoms with Crippen LogP contribution in [0.15, 0.2) is 0 Å². The summed E-state index contributed by atoms with van der Waals surface area (Å²) in [7, 11) is -3.17. The Balaban J connectivity index is 3.61. The Bertz CT molecular complexity index is 276. The molecule has 1 amide bonds. The number of carbonyl (C=O) groups excluding carboxylic acids is 1. The van der Waals surface area contributed by atoms with Gasteiger partial charge in [0.05, 0.1) is 6.26 Å². The van der Waals surface area contributed by atoms with E-state index in [0.717, 1.165) is 6.26 Å². The Morgan fingerprint density at radius 1 is 1.43 bits per heavy atom. The Morgan fingerprint density at radius 2 is 2.00 bits per heavy atom. The fourth-order valence-electron chi connectivity index (χ4n) is 0.703. The Labute approximate surface area is 84.3 Å². The number of nitrogens with two attached hydrogens (primary N) is 1. The lowest BCUT2D eigenvalue weighted by molar-refractivity contribution is -0.124. The molecule has 4 N–H and O–H groups in total. The number of nitrogens with one attached hydrogen (secondary N) is 2. The molecule has 0 bridgehead atoms. The van der Waals surface area contributed by atoms with Crippen molar-refractivity contribution in [3.05, 3.63) is 0 Å². The van der Waals surface area contributed by atoms with Crippen LogP contribution in [0.2, 0.25) is 0 Å². The predicted molar refractivity (Wildman–Crippen MR) is 54.1 cm³/mol. The lowest BCUT2D eigenvalue weighted by Crippen LogP contribution is -2.38. The maximum Gasteiger partial charge on any atom is 0.224 e. The highest BCUT2D eigenvalue weighted by Crippen LogP contribution is 1.88. The summed E-state index contributed by atoms with van der Waals surface area (Å²) in [6.07, 6.45) is 1.07. The first kappa shape index (κ1) is 13.3. The van der Waals surface area contributed by atoms with Crippen LogP contribution in [0.25, 0.3) is 0 Å². The van der Waals surface area contributed by atoms with Crippen LogP contribution < -0.4 is 15.8 Å². The molecule has 1 atom stereocenters. The van der Waals surface area contributed by atoms with Gasteiger partial charge in [-0.25, -0.2) is 13.1 Å². The van der Waals surface area contributed by atoms with E-state index in [1.165, 1.54) is 0 Å². The molecule has 0 saturated carbocycles. The van der Waals surface area contributed by atoms with Gasteiger partial charge in [-0.05, 0) is 0 Å². The minimum absolute atomic E-state index is 0.164. The molecule has 7 heteroatoms. The predicted octanol–water partition coefficient (Wildman–Crippen LogP) is -1.75. The molecule has 0 aliphatic carbocycles. The topological polar surface area (TPSA) is 101 Å². The van der Waals surface area contributed by atoms with Crippen molar-refractivity contribution >= 4 is 15.9 Å². The molecule has 0 aromatic carbocycles. The average Bonchev–Trinajstić information content (AvgIpc) is 2.09. The quantitative estimate of drug-likeness (QED) is 0.465. The van der Waals surface area contributed by atoms with Crippen LogP contribution in [0, 0.1) is 5.92 Å². The Morgan fingerprint density at radius 3 is 2.43 bits per heavy atom. The third kappa shape index (κ3) is 6.81. The lowest BCUT2D eigenvalue weighted by Gasteiger charge is -2.09. The lowest BCUT2D eigenvalue weighted by atomic mass is 10.2. The van der Waals surface area contributed by atoms with Gasteiger partial charge in [-0.3, -0.25) is 4.79 Å². The summed E-state index contributed by atoms with van der Waals surface area (Å²) in [5.41, 5.74) is 5.27. The number of hydrogen-bond acceptors (Lipinski definition) is 4. The molecule has 0 aromatic heterocycles. The van der Waals surface area contributed by atoms with Crippen LogP contribution in [-0.2, 0) is 14.8 Å². The van der Waals surface area contributed by atoms with Crippen molar-refractivity contribution in [3.63, 3.8) is 0 Å². The van der Waals surface area contributed by atoms with Gasteiger partial charge in [0.25, 0.3) is 0 Å². The number of rotatable bonds is 6. The highest BCUT2D eigenvalue weighted by Gasteiger charge is 2.09. The first-order chi connectivity index (χ1) is 6.37. The summed E-state index contributed by atoms with van der Waals surface area (Å²) in [5, 5.41) is 2.56. The van der Waals surface area contributed by atoms with Gasteiger partial charge < -0.3 is 11.1 Å². The molecule has 0 aliphatic heterocycles. The van der Waals surface area contributed by atoms with Crippen molar-refractivity contribution < 1.29 is 13.2 Å². The number of amides is 1. The third-order valence-electron chi connectivity index (χ3n) is 1.59. The molecule has 0 aromatic rings. The summed E-state index contributed by atoms with van der Waals surface area (Å²) < 4.78 is 23.5. The zero-order valence-electron chi connectivity index (χ0n) is 8.41. The molecular weight excluding hydrogens is 206 g/mol. The number of sulfonamides is 1. The number of carbonyl (C=O) groups is 1. The van der Waals surface area contributed by atoms with E-state index in [9.17, 15) is 13.2 Å². The van der Waals surface area contributed by atoms with Crippen molar-refractivity contribution in [1.29, 1.82) is 0 Å². The molecule has 0 fully saturated rings. The van der Waals surface area contributed by atoms with E-state index in [1.807, 2.05) is 0 Å². The third-order valence-corrected chi connectivity index (χ3v) is 2.32. The van der Waals surface area contributed by atoms with Gasteiger partial charge in [0.2, 0.25) is 15.9 Å². The maximum absolute atomic E-state index is 11.1. The van der Waals surface area contributed by atoms with Crippen molar-refractivity contribution in [2.45, 2.75) is 6.92 Å². The second-order valence-corrected chi connectivity index (χ2v) is 4.93. The first-order valence-electron chi connectivity index (χ1n) is 4.29. The SMILES string of the molecule is CC(CN)C(=O)NCCNS(C)(=O)=O. The van der Waals surface area contributed by atoms with E-state index < -0.39 is 10.0 Å². The van der Waals surface area contributed by atoms with Gasteiger partial charge in [-0.2, -0.15) is 0 Å². The van der Waals surface area contributed by atoms with Crippen LogP contribution >= 0.6 is 0 Å². The molecule has 84 valence electrons. The minimum atomic E-state index is -3.17. The zero-order chi connectivity index (χ0) is 11.2. The molecule has 0 rings (SSSR count). The first-order valence-corrected chi connectivity index (χ1v) is 6.18. The van der Waals surface area contributed by atoms with Gasteiger partial charge in [0, 0.05) is 25.6 Å². The van der Waals surface area contributed by atoms with Gasteiger partial charge in [-0.1, -0.05) is 6.92 Å². The number of hydrogen-bond donors (Lipinski definition) is 3. The smallest absolute Gasteiger partial charge is 0.224 e. The highest BCUT2D eigenvalue weighted by molar-refractivity contribution is 7.88. The molecular formula is C7H17N3O3S. The van der Waals surface area contributed by atoms with Crippen LogP contribution in [0.1, 0.15) is 6.92 Å². The van der Waals surface area contributed by atoms with E-state index in [1.54, 1.807) is 6.92 Å². The molecule has 0 saturated heterocycles. The van der Waals surface area contributed by atoms with Crippen molar-refractivity contribution in [2.24, 2.45) is 11.7 Å². The highest BCUT2D eigenvalue weighted by atomic mass is 32.2. The Hall–Kier alpha value is -0.660.